The number of hydrogen-bond donors (Lipinski definition) is 0. The summed E-state index contributed by atoms with van der Waals surface area (Å²) in [4.78, 5) is 0. The molecule has 0 heterocycles. The maximum Gasteiger partial charge on any atom is 0.0513 e. The third kappa shape index (κ3) is 5.30. The number of benzene rings is 1. The topological polar surface area (TPSA) is 9.23 Å². The first-order valence-electron chi connectivity index (χ1n) is 5.77. The van der Waals surface area contributed by atoms with Crippen LogP contribution in [0.15, 0.2) is 24.3 Å². The maximum absolute atomic E-state index is 5.23. The number of aryl methyl sites for hydroxylation is 1. The molecule has 0 spiro atoms. The van der Waals surface area contributed by atoms with Crippen LogP contribution in [0.25, 0.3) is 0 Å². The van der Waals surface area contributed by atoms with Crippen molar-refractivity contribution in [1.29, 1.82) is 0 Å². The first kappa shape index (κ1) is 14.0. The fourth-order valence-corrected chi connectivity index (χ4v) is 2.53. The number of methoxy groups -OCH3 is 1. The van der Waals surface area contributed by atoms with E-state index in [0.29, 0.717) is 5.41 Å². The molecule has 90 valence electrons. The number of halogens is 1. The standard InChI is InChI=1S/C14H21IO/c1-14(2,11-16-3)9-5-7-12-6-4-8-13(15)10-12/h4,6,8,10H,5,7,9,11H2,1-3H3. The molecule has 0 unspecified atom stereocenters. The van der Waals surface area contributed by atoms with Crippen LogP contribution in [0.1, 0.15) is 32.3 Å². The van der Waals surface area contributed by atoms with Gasteiger partial charge in [0.2, 0.25) is 0 Å². The summed E-state index contributed by atoms with van der Waals surface area (Å²) in [5.74, 6) is 0. The Morgan fingerprint density at radius 1 is 1.31 bits per heavy atom. The quantitative estimate of drug-likeness (QED) is 0.706. The number of ether oxygens (including phenoxy) is 1. The van der Waals surface area contributed by atoms with Crippen LogP contribution in [0, 0.1) is 8.99 Å². The Labute approximate surface area is 113 Å². The normalized spacial score (nSPS) is 11.8. The lowest BCUT2D eigenvalue weighted by molar-refractivity contribution is 0.0968. The van der Waals surface area contributed by atoms with E-state index in [1.807, 2.05) is 0 Å². The summed E-state index contributed by atoms with van der Waals surface area (Å²) >= 11 is 2.37. The summed E-state index contributed by atoms with van der Waals surface area (Å²) < 4.78 is 6.55. The van der Waals surface area contributed by atoms with Crippen LogP contribution in [-0.4, -0.2) is 13.7 Å². The van der Waals surface area contributed by atoms with Crippen molar-refractivity contribution in [2.24, 2.45) is 5.41 Å². The zero-order valence-electron chi connectivity index (χ0n) is 10.4. The zero-order valence-corrected chi connectivity index (χ0v) is 12.6. The van der Waals surface area contributed by atoms with Gasteiger partial charge in [-0.15, -0.1) is 0 Å². The molecule has 1 rings (SSSR count). The molecule has 1 aromatic rings. The molecule has 0 saturated carbocycles. The van der Waals surface area contributed by atoms with Crippen molar-refractivity contribution >= 4 is 22.6 Å². The molecule has 0 saturated heterocycles. The van der Waals surface area contributed by atoms with Crippen LogP contribution in [0.2, 0.25) is 0 Å². The first-order chi connectivity index (χ1) is 7.53. The van der Waals surface area contributed by atoms with Crippen molar-refractivity contribution in [3.63, 3.8) is 0 Å². The van der Waals surface area contributed by atoms with Gasteiger partial charge in [0.15, 0.2) is 0 Å². The smallest absolute Gasteiger partial charge is 0.0513 e. The Hall–Kier alpha value is -0.0900. The Morgan fingerprint density at radius 2 is 2.06 bits per heavy atom. The fraction of sp³-hybridized carbons (Fsp3) is 0.571. The average Bonchev–Trinajstić information content (AvgIpc) is 2.17. The minimum atomic E-state index is 0.302. The molecular formula is C14H21IO. The second kappa shape index (κ2) is 6.60. The molecule has 2 heteroatoms. The molecule has 1 nitrogen and oxygen atoms in total. The van der Waals surface area contributed by atoms with Crippen molar-refractivity contribution in [1.82, 2.24) is 0 Å². The molecule has 0 aliphatic carbocycles. The molecule has 0 aliphatic heterocycles. The largest absolute Gasteiger partial charge is 0.384 e. The van der Waals surface area contributed by atoms with Crippen LogP contribution in [0.5, 0.6) is 0 Å². The van der Waals surface area contributed by atoms with Crippen LogP contribution in [0.4, 0.5) is 0 Å². The summed E-state index contributed by atoms with van der Waals surface area (Å²) in [5.41, 5.74) is 1.75. The average molecular weight is 332 g/mol. The van der Waals surface area contributed by atoms with Gasteiger partial charge in [0.05, 0.1) is 6.61 Å². The summed E-state index contributed by atoms with van der Waals surface area (Å²) in [6.07, 6.45) is 3.62. The van der Waals surface area contributed by atoms with Crippen LogP contribution < -0.4 is 0 Å². The van der Waals surface area contributed by atoms with Crippen LogP contribution in [-0.2, 0) is 11.2 Å². The summed E-state index contributed by atoms with van der Waals surface area (Å²) in [6.45, 7) is 5.38. The van der Waals surface area contributed by atoms with E-state index in [1.165, 1.54) is 28.4 Å². The predicted octanol–water partition coefficient (Wildman–Crippen LogP) is 4.29. The van der Waals surface area contributed by atoms with Gasteiger partial charge in [0.1, 0.15) is 0 Å². The maximum atomic E-state index is 5.23. The van der Waals surface area contributed by atoms with Gasteiger partial charge in [-0.05, 0) is 65.0 Å². The van der Waals surface area contributed by atoms with E-state index in [9.17, 15) is 0 Å². The molecule has 0 fully saturated rings. The van der Waals surface area contributed by atoms with Crippen LogP contribution in [0.3, 0.4) is 0 Å². The van der Waals surface area contributed by atoms with E-state index in [1.54, 1.807) is 7.11 Å². The zero-order chi connectivity index (χ0) is 12.0. The predicted molar refractivity (Wildman–Crippen MR) is 77.8 cm³/mol. The fourth-order valence-electron chi connectivity index (χ4n) is 1.93. The molecule has 16 heavy (non-hydrogen) atoms. The Kier molecular flexibility index (Phi) is 5.76. The lowest BCUT2D eigenvalue weighted by Gasteiger charge is -2.23. The van der Waals surface area contributed by atoms with Gasteiger partial charge in [-0.3, -0.25) is 0 Å². The van der Waals surface area contributed by atoms with Gasteiger partial charge in [0, 0.05) is 10.7 Å². The highest BCUT2D eigenvalue weighted by molar-refractivity contribution is 14.1. The highest BCUT2D eigenvalue weighted by atomic mass is 127. The summed E-state index contributed by atoms with van der Waals surface area (Å²) in [7, 11) is 1.78. The van der Waals surface area contributed by atoms with E-state index in [0.717, 1.165) is 6.61 Å². The minimum absolute atomic E-state index is 0.302. The minimum Gasteiger partial charge on any atom is -0.384 e. The third-order valence-corrected chi connectivity index (χ3v) is 3.41. The monoisotopic (exact) mass is 332 g/mol. The van der Waals surface area contributed by atoms with Gasteiger partial charge in [-0.25, -0.2) is 0 Å². The van der Waals surface area contributed by atoms with E-state index < -0.39 is 0 Å². The lowest BCUT2D eigenvalue weighted by Crippen LogP contribution is -2.18. The highest BCUT2D eigenvalue weighted by Gasteiger charge is 2.16. The Morgan fingerprint density at radius 3 is 2.69 bits per heavy atom. The van der Waals surface area contributed by atoms with Gasteiger partial charge in [-0.1, -0.05) is 26.0 Å². The number of hydrogen-bond acceptors (Lipinski definition) is 1. The van der Waals surface area contributed by atoms with Crippen molar-refractivity contribution in [3.05, 3.63) is 33.4 Å². The SMILES string of the molecule is COCC(C)(C)CCCc1cccc(I)c1. The number of rotatable bonds is 6. The lowest BCUT2D eigenvalue weighted by atomic mass is 9.87. The van der Waals surface area contributed by atoms with Crippen molar-refractivity contribution < 1.29 is 4.74 Å². The van der Waals surface area contributed by atoms with E-state index in [2.05, 4.69) is 60.7 Å². The summed E-state index contributed by atoms with van der Waals surface area (Å²) in [5, 5.41) is 0. The van der Waals surface area contributed by atoms with Gasteiger partial charge in [-0.2, -0.15) is 0 Å². The van der Waals surface area contributed by atoms with Gasteiger partial charge >= 0.3 is 0 Å². The molecule has 0 radical (unpaired) electrons. The molecule has 0 aromatic heterocycles. The first-order valence-corrected chi connectivity index (χ1v) is 6.85. The van der Waals surface area contributed by atoms with Gasteiger partial charge < -0.3 is 4.74 Å². The third-order valence-electron chi connectivity index (χ3n) is 2.74. The molecule has 0 N–H and O–H groups in total. The second-order valence-corrected chi connectivity index (χ2v) is 6.33. The van der Waals surface area contributed by atoms with Crippen molar-refractivity contribution in [3.8, 4) is 0 Å². The Bertz CT molecular complexity index is 320. The molecule has 0 atom stereocenters. The van der Waals surface area contributed by atoms with E-state index in [-0.39, 0.29) is 0 Å². The van der Waals surface area contributed by atoms with E-state index >= 15 is 0 Å². The molecule has 0 amide bonds. The van der Waals surface area contributed by atoms with Crippen molar-refractivity contribution in [2.45, 2.75) is 33.1 Å². The summed E-state index contributed by atoms with van der Waals surface area (Å²) in [6, 6.07) is 8.76. The van der Waals surface area contributed by atoms with Crippen LogP contribution >= 0.6 is 22.6 Å². The molecule has 0 aliphatic rings. The molecular weight excluding hydrogens is 311 g/mol. The Balaban J connectivity index is 2.35. The molecule has 0 bridgehead atoms. The molecule has 1 aromatic carbocycles. The second-order valence-electron chi connectivity index (χ2n) is 5.08. The highest BCUT2D eigenvalue weighted by Crippen LogP contribution is 2.23. The van der Waals surface area contributed by atoms with Gasteiger partial charge in [0.25, 0.3) is 0 Å². The van der Waals surface area contributed by atoms with E-state index in [4.69, 9.17) is 4.74 Å². The van der Waals surface area contributed by atoms with Crippen molar-refractivity contribution in [2.75, 3.05) is 13.7 Å².